The molecule has 0 spiro atoms. The van der Waals surface area contributed by atoms with Gasteiger partial charge in [-0.15, -0.1) is 0 Å². The summed E-state index contributed by atoms with van der Waals surface area (Å²) in [5, 5.41) is 23.1. The molecule has 0 radical (unpaired) electrons. The van der Waals surface area contributed by atoms with Crippen LogP contribution in [0.2, 0.25) is 0 Å². The zero-order valence-electron chi connectivity index (χ0n) is 26.8. The number of ether oxygens (including phenoxy) is 1. The van der Waals surface area contributed by atoms with Gasteiger partial charge < -0.3 is 9.84 Å². The highest BCUT2D eigenvalue weighted by Gasteiger charge is 2.72. The topological polar surface area (TPSA) is 70.3 Å². The molecule has 1 aromatic carbocycles. The van der Waals surface area contributed by atoms with E-state index in [9.17, 15) is 15.2 Å². The Morgan fingerprint density at radius 3 is 2.39 bits per heavy atom. The van der Waals surface area contributed by atoms with Crippen LogP contribution in [0.15, 0.2) is 30.3 Å². The fourth-order valence-corrected chi connectivity index (χ4v) is 11.3. The second kappa shape index (κ2) is 11.0. The number of aliphatic hydroxyl groups is 1. The van der Waals surface area contributed by atoms with Gasteiger partial charge in [-0.05, 0) is 97.5 Å². The van der Waals surface area contributed by atoms with E-state index in [0.717, 1.165) is 44.4 Å². The molecule has 1 aromatic rings. The molecule has 5 rings (SSSR count). The zero-order valence-corrected chi connectivity index (χ0v) is 26.8. The predicted molar refractivity (Wildman–Crippen MR) is 164 cm³/mol. The molecule has 4 nitrogen and oxygen atoms in total. The molecule has 41 heavy (non-hydrogen) atoms. The Morgan fingerprint density at radius 1 is 1.02 bits per heavy atom. The minimum Gasteiger partial charge on any atom is -0.458 e. The van der Waals surface area contributed by atoms with Gasteiger partial charge in [0.05, 0.1) is 23.2 Å². The van der Waals surface area contributed by atoms with E-state index < -0.39 is 11.5 Å². The lowest BCUT2D eigenvalue weighted by Gasteiger charge is -2.67. The minimum atomic E-state index is -0.491. The van der Waals surface area contributed by atoms with E-state index in [-0.39, 0.29) is 40.2 Å². The van der Waals surface area contributed by atoms with Gasteiger partial charge in [0.2, 0.25) is 0 Å². The summed E-state index contributed by atoms with van der Waals surface area (Å²) in [6.45, 7) is 16.4. The van der Waals surface area contributed by atoms with Gasteiger partial charge in [0.25, 0.3) is 0 Å². The van der Waals surface area contributed by atoms with E-state index >= 15 is 0 Å². The second-order valence-corrected chi connectivity index (χ2v) is 16.1. The minimum absolute atomic E-state index is 0.0230. The van der Waals surface area contributed by atoms with Gasteiger partial charge in [-0.2, -0.15) is 5.26 Å². The molecule has 226 valence electrons. The Balaban J connectivity index is 1.39. The van der Waals surface area contributed by atoms with Crippen LogP contribution < -0.4 is 0 Å². The summed E-state index contributed by atoms with van der Waals surface area (Å²) in [7, 11) is 0. The molecule has 1 N–H and O–H groups in total. The van der Waals surface area contributed by atoms with Crippen LogP contribution in [-0.4, -0.2) is 23.3 Å². The lowest BCUT2D eigenvalue weighted by molar-refractivity contribution is -0.225. The maximum atomic E-state index is 13.1. The van der Waals surface area contributed by atoms with Gasteiger partial charge in [0, 0.05) is 11.3 Å². The first-order chi connectivity index (χ1) is 19.3. The van der Waals surface area contributed by atoms with Crippen LogP contribution in [0.4, 0.5) is 0 Å². The molecule has 4 aliphatic rings. The molecule has 0 bridgehead atoms. The first kappa shape index (κ1) is 30.6. The molecular formula is C37H55NO3. The van der Waals surface area contributed by atoms with Crippen molar-refractivity contribution in [2.24, 2.45) is 57.2 Å². The summed E-state index contributed by atoms with van der Waals surface area (Å²) in [5.41, 5.74) is -0.136. The summed E-state index contributed by atoms with van der Waals surface area (Å²) in [6, 6.07) is 12.3. The van der Waals surface area contributed by atoms with E-state index in [1.807, 2.05) is 30.3 Å². The number of nitrogens with zero attached hydrogens (tertiary/aromatic N) is 1. The summed E-state index contributed by atoms with van der Waals surface area (Å²) >= 11 is 0. The van der Waals surface area contributed by atoms with E-state index in [1.165, 1.54) is 19.3 Å². The number of fused-ring (bicyclic) bond motifs is 5. The van der Waals surface area contributed by atoms with Crippen LogP contribution in [0.3, 0.4) is 0 Å². The number of carbonyl (C=O) groups excluding carboxylic acids is 1. The highest BCUT2D eigenvalue weighted by molar-refractivity contribution is 5.89. The monoisotopic (exact) mass is 561 g/mol. The van der Waals surface area contributed by atoms with Crippen molar-refractivity contribution < 1.29 is 14.6 Å². The van der Waals surface area contributed by atoms with Gasteiger partial charge in [-0.1, -0.05) is 85.9 Å². The van der Waals surface area contributed by atoms with Crippen LogP contribution in [0.1, 0.15) is 123 Å². The van der Waals surface area contributed by atoms with Gasteiger partial charge in [-0.3, -0.25) is 0 Å². The van der Waals surface area contributed by atoms with Gasteiger partial charge in [0.15, 0.2) is 0 Å². The average molecular weight is 562 g/mol. The van der Waals surface area contributed by atoms with Gasteiger partial charge >= 0.3 is 5.97 Å². The molecule has 0 heterocycles. The third-order valence-electron chi connectivity index (χ3n) is 13.5. The molecule has 0 aliphatic heterocycles. The number of hydrogen-bond donors (Lipinski definition) is 1. The van der Waals surface area contributed by atoms with Crippen molar-refractivity contribution in [3.05, 3.63) is 35.9 Å². The normalized spacial score (nSPS) is 42.0. The number of carbonyl (C=O) groups is 1. The maximum absolute atomic E-state index is 13.1. The third-order valence-corrected chi connectivity index (χ3v) is 13.5. The number of nitriles is 1. The van der Waals surface area contributed by atoms with Crippen molar-refractivity contribution in [3.63, 3.8) is 0 Å². The first-order valence-corrected chi connectivity index (χ1v) is 16.7. The van der Waals surface area contributed by atoms with Crippen molar-refractivity contribution in [3.8, 4) is 6.07 Å². The molecule has 3 unspecified atom stereocenters. The third kappa shape index (κ3) is 4.77. The molecule has 10 atom stereocenters. The van der Waals surface area contributed by atoms with Crippen molar-refractivity contribution in [1.82, 2.24) is 0 Å². The maximum Gasteiger partial charge on any atom is 0.338 e. The molecule has 4 aliphatic carbocycles. The Hall–Kier alpha value is -1.86. The van der Waals surface area contributed by atoms with E-state index in [1.54, 1.807) is 0 Å². The van der Waals surface area contributed by atoms with Crippen LogP contribution in [0, 0.1) is 68.5 Å². The molecule has 0 aromatic heterocycles. The SMILES string of the molecule is CC(C)CCC[C@@H](C)[C@H]1CC[C@@]2(C#N)[C@@H]3C(O)CC4C(C)(C)C(OC(=O)c5ccccc5)CC[C@]4(C)[C@H]3CC[C@]12C. The quantitative estimate of drug-likeness (QED) is 0.338. The summed E-state index contributed by atoms with van der Waals surface area (Å²) < 4.78 is 6.20. The predicted octanol–water partition coefficient (Wildman–Crippen LogP) is 8.83. The Bertz CT molecular complexity index is 1140. The van der Waals surface area contributed by atoms with Crippen molar-refractivity contribution in [1.29, 1.82) is 5.26 Å². The highest BCUT2D eigenvalue weighted by atomic mass is 16.5. The number of hydrogen-bond acceptors (Lipinski definition) is 4. The van der Waals surface area contributed by atoms with E-state index in [2.05, 4.69) is 54.5 Å². The van der Waals surface area contributed by atoms with Crippen LogP contribution in [0.25, 0.3) is 0 Å². The Kier molecular flexibility index (Phi) is 8.21. The van der Waals surface area contributed by atoms with Crippen LogP contribution in [-0.2, 0) is 4.74 Å². The number of benzene rings is 1. The molecular weight excluding hydrogens is 506 g/mol. The lowest BCUT2D eigenvalue weighted by atomic mass is 9.37. The standard InChI is InChI=1S/C37H55NO3/c1-24(2)12-11-13-25(3)27-17-21-37(23-38)32-28(16-20-36(27,37)7)35(6)19-18-31(34(4,5)30(35)22-29(32)39)41-33(40)26-14-9-8-10-15-26/h8-10,14-15,24-25,27-32,39H,11-13,16-22H2,1-7H3/t25-,27-,28+,29?,30?,31?,32+,35-,36-,37-/m1/s1. The Morgan fingerprint density at radius 2 is 1.73 bits per heavy atom. The zero-order chi connectivity index (χ0) is 29.8. The Labute approximate surface area is 249 Å². The number of rotatable bonds is 7. The van der Waals surface area contributed by atoms with Crippen molar-refractivity contribution in [2.75, 3.05) is 0 Å². The number of aliphatic hydroxyl groups excluding tert-OH is 1. The molecule has 0 saturated heterocycles. The second-order valence-electron chi connectivity index (χ2n) is 16.1. The number of esters is 1. The molecule has 4 heteroatoms. The van der Waals surface area contributed by atoms with Gasteiger partial charge in [-0.25, -0.2) is 4.79 Å². The van der Waals surface area contributed by atoms with Gasteiger partial charge in [0.1, 0.15) is 6.10 Å². The van der Waals surface area contributed by atoms with Crippen LogP contribution >= 0.6 is 0 Å². The smallest absolute Gasteiger partial charge is 0.338 e. The van der Waals surface area contributed by atoms with E-state index in [4.69, 9.17) is 4.74 Å². The van der Waals surface area contributed by atoms with Crippen molar-refractivity contribution in [2.45, 2.75) is 125 Å². The highest BCUT2D eigenvalue weighted by Crippen LogP contribution is 2.74. The summed E-state index contributed by atoms with van der Waals surface area (Å²) in [5.74, 6) is 2.24. The average Bonchev–Trinajstić information content (AvgIpc) is 3.25. The fourth-order valence-electron chi connectivity index (χ4n) is 11.3. The summed E-state index contributed by atoms with van der Waals surface area (Å²) in [6.07, 6.45) is 9.85. The van der Waals surface area contributed by atoms with Crippen LogP contribution in [0.5, 0.6) is 0 Å². The summed E-state index contributed by atoms with van der Waals surface area (Å²) in [4.78, 5) is 13.1. The van der Waals surface area contributed by atoms with Crippen molar-refractivity contribution >= 4 is 5.97 Å². The lowest BCUT2D eigenvalue weighted by Crippen LogP contribution is -2.66. The first-order valence-electron chi connectivity index (χ1n) is 16.7. The largest absolute Gasteiger partial charge is 0.458 e. The fraction of sp³-hybridized carbons (Fsp3) is 0.784. The molecule has 4 fully saturated rings. The van der Waals surface area contributed by atoms with E-state index in [0.29, 0.717) is 29.7 Å². The molecule has 0 amide bonds. The molecule has 4 saturated carbocycles.